The molecule has 0 saturated carbocycles. The fourth-order valence-corrected chi connectivity index (χ4v) is 1.79. The van der Waals surface area contributed by atoms with E-state index in [1.54, 1.807) is 0 Å². The van der Waals surface area contributed by atoms with Crippen LogP contribution in [0.2, 0.25) is 0 Å². The van der Waals surface area contributed by atoms with Gasteiger partial charge >= 0.3 is 0 Å². The van der Waals surface area contributed by atoms with Crippen LogP contribution in [-0.4, -0.2) is 10.9 Å². The number of amides is 1. The van der Waals surface area contributed by atoms with Gasteiger partial charge in [-0.15, -0.1) is 11.3 Å². The number of anilines is 1. The molecule has 0 saturated heterocycles. The molecule has 0 fully saturated rings. The lowest BCUT2D eigenvalue weighted by atomic mass is 9.81. The average Bonchev–Trinajstić information content (AvgIpc) is 2.63. The summed E-state index contributed by atoms with van der Waals surface area (Å²) in [5, 5.41) is 5.30. The normalized spacial score (nSPS) is 13.6. The predicted molar refractivity (Wildman–Crippen MR) is 67.3 cm³/mol. The zero-order valence-electron chi connectivity index (χ0n) is 10.2. The first kappa shape index (κ1) is 13.1. The van der Waals surface area contributed by atoms with E-state index in [0.717, 1.165) is 5.69 Å². The highest BCUT2D eigenvalue weighted by Gasteiger charge is 2.27. The Balaban J connectivity index is 2.64. The van der Waals surface area contributed by atoms with Crippen LogP contribution in [0, 0.1) is 11.3 Å². The van der Waals surface area contributed by atoms with Gasteiger partial charge in [0.25, 0.3) is 0 Å². The Kier molecular flexibility index (Phi) is 4.04. The van der Waals surface area contributed by atoms with E-state index in [-0.39, 0.29) is 17.2 Å². The Labute approximate surface area is 100 Å². The molecular weight excluding hydrogens is 222 g/mol. The average molecular weight is 241 g/mol. The van der Waals surface area contributed by atoms with Crippen molar-refractivity contribution in [1.82, 2.24) is 4.98 Å². The molecule has 90 valence electrons. The summed E-state index contributed by atoms with van der Waals surface area (Å²) in [6.07, 6.45) is 0. The Hall–Kier alpha value is -0.940. The van der Waals surface area contributed by atoms with Crippen molar-refractivity contribution in [3.05, 3.63) is 11.1 Å². The summed E-state index contributed by atoms with van der Waals surface area (Å²) in [6.45, 7) is 8.47. The highest BCUT2D eigenvalue weighted by atomic mass is 32.1. The molecule has 16 heavy (non-hydrogen) atoms. The highest BCUT2D eigenvalue weighted by Crippen LogP contribution is 2.27. The number of nitrogens with one attached hydrogen (secondary N) is 1. The van der Waals surface area contributed by atoms with Crippen molar-refractivity contribution in [1.29, 1.82) is 0 Å². The maximum atomic E-state index is 11.9. The largest absolute Gasteiger partial charge is 0.325 e. The minimum atomic E-state index is -0.0577. The number of carbonyl (C=O) groups is 1. The fourth-order valence-electron chi connectivity index (χ4n) is 1.07. The first-order valence-electron chi connectivity index (χ1n) is 5.30. The zero-order valence-corrected chi connectivity index (χ0v) is 11.0. The quantitative estimate of drug-likeness (QED) is 0.852. The van der Waals surface area contributed by atoms with E-state index in [2.05, 4.69) is 10.3 Å². The van der Waals surface area contributed by atoms with Crippen LogP contribution in [0.4, 0.5) is 5.13 Å². The van der Waals surface area contributed by atoms with Crippen LogP contribution >= 0.6 is 11.3 Å². The molecule has 1 rings (SSSR count). The van der Waals surface area contributed by atoms with Crippen molar-refractivity contribution in [2.24, 2.45) is 17.1 Å². The molecule has 0 aliphatic heterocycles. The first-order chi connectivity index (χ1) is 7.34. The van der Waals surface area contributed by atoms with Crippen molar-refractivity contribution in [3.63, 3.8) is 0 Å². The number of hydrogen-bond donors (Lipinski definition) is 2. The molecule has 0 aliphatic rings. The predicted octanol–water partition coefficient (Wildman–Crippen LogP) is 2.22. The van der Waals surface area contributed by atoms with Gasteiger partial charge in [-0.3, -0.25) is 4.79 Å². The standard InChI is InChI=1S/C11H19N3OS/c1-7(11(2,3)4)9(15)14-10-13-8(5-12)6-16-10/h6-7H,5,12H2,1-4H3,(H,13,14,15). The molecule has 0 aromatic carbocycles. The minimum Gasteiger partial charge on any atom is -0.325 e. The van der Waals surface area contributed by atoms with Gasteiger partial charge in [0.2, 0.25) is 5.91 Å². The number of thiazole rings is 1. The van der Waals surface area contributed by atoms with Crippen molar-refractivity contribution < 1.29 is 4.79 Å². The van der Waals surface area contributed by atoms with Crippen molar-refractivity contribution in [2.75, 3.05) is 5.32 Å². The van der Waals surface area contributed by atoms with Gasteiger partial charge in [-0.2, -0.15) is 0 Å². The Morgan fingerprint density at radius 1 is 1.62 bits per heavy atom. The molecule has 1 aromatic rings. The SMILES string of the molecule is CC(C(=O)Nc1nc(CN)cs1)C(C)(C)C. The molecule has 0 bridgehead atoms. The number of nitrogens with zero attached hydrogens (tertiary/aromatic N) is 1. The van der Waals surface area contributed by atoms with Crippen molar-refractivity contribution in [3.8, 4) is 0 Å². The third kappa shape index (κ3) is 3.28. The van der Waals surface area contributed by atoms with E-state index in [9.17, 15) is 4.79 Å². The van der Waals surface area contributed by atoms with Gasteiger partial charge in [-0.1, -0.05) is 27.7 Å². The summed E-state index contributed by atoms with van der Waals surface area (Å²) in [6, 6.07) is 0. The van der Waals surface area contributed by atoms with Gasteiger partial charge in [0, 0.05) is 17.8 Å². The second kappa shape index (κ2) is 4.93. The van der Waals surface area contributed by atoms with Crippen LogP contribution in [0.1, 0.15) is 33.4 Å². The number of aromatic nitrogens is 1. The number of rotatable bonds is 3. The lowest BCUT2D eigenvalue weighted by Gasteiger charge is -2.25. The van der Waals surface area contributed by atoms with Crippen LogP contribution in [-0.2, 0) is 11.3 Å². The van der Waals surface area contributed by atoms with Crippen LogP contribution in [0.25, 0.3) is 0 Å². The summed E-state index contributed by atoms with van der Waals surface area (Å²) in [4.78, 5) is 16.1. The number of hydrogen-bond acceptors (Lipinski definition) is 4. The molecule has 1 aromatic heterocycles. The maximum Gasteiger partial charge on any atom is 0.229 e. The van der Waals surface area contributed by atoms with Gasteiger partial charge in [-0.25, -0.2) is 4.98 Å². The lowest BCUT2D eigenvalue weighted by Crippen LogP contribution is -2.30. The number of nitrogens with two attached hydrogens (primary N) is 1. The van der Waals surface area contributed by atoms with Crippen LogP contribution < -0.4 is 11.1 Å². The molecule has 1 amide bonds. The van der Waals surface area contributed by atoms with E-state index in [1.807, 2.05) is 33.1 Å². The second-order valence-corrected chi connectivity index (χ2v) is 5.78. The summed E-state index contributed by atoms with van der Waals surface area (Å²) in [5.41, 5.74) is 6.22. The molecule has 1 unspecified atom stereocenters. The summed E-state index contributed by atoms with van der Waals surface area (Å²) >= 11 is 1.41. The fraction of sp³-hybridized carbons (Fsp3) is 0.636. The topological polar surface area (TPSA) is 68.0 Å². The summed E-state index contributed by atoms with van der Waals surface area (Å²) in [5.74, 6) is -0.0526. The molecule has 0 aliphatic carbocycles. The van der Waals surface area contributed by atoms with E-state index in [4.69, 9.17) is 5.73 Å². The lowest BCUT2D eigenvalue weighted by molar-refractivity contribution is -0.122. The third-order valence-corrected chi connectivity index (χ3v) is 3.49. The summed E-state index contributed by atoms with van der Waals surface area (Å²) in [7, 11) is 0. The molecule has 5 heteroatoms. The van der Waals surface area contributed by atoms with E-state index in [1.165, 1.54) is 11.3 Å². The van der Waals surface area contributed by atoms with Gasteiger partial charge in [0.15, 0.2) is 5.13 Å². The van der Waals surface area contributed by atoms with Crippen molar-refractivity contribution >= 4 is 22.4 Å². The molecule has 0 radical (unpaired) electrons. The van der Waals surface area contributed by atoms with Crippen molar-refractivity contribution in [2.45, 2.75) is 34.2 Å². The Morgan fingerprint density at radius 3 is 2.69 bits per heavy atom. The number of carbonyl (C=O) groups excluding carboxylic acids is 1. The molecule has 1 heterocycles. The van der Waals surface area contributed by atoms with E-state index < -0.39 is 0 Å². The van der Waals surface area contributed by atoms with Gasteiger partial charge in [0.1, 0.15) is 0 Å². The Morgan fingerprint density at radius 2 is 2.25 bits per heavy atom. The van der Waals surface area contributed by atoms with Gasteiger partial charge < -0.3 is 11.1 Å². The van der Waals surface area contributed by atoms with E-state index in [0.29, 0.717) is 11.7 Å². The van der Waals surface area contributed by atoms with Gasteiger partial charge in [-0.05, 0) is 5.41 Å². The monoisotopic (exact) mass is 241 g/mol. The third-order valence-electron chi connectivity index (χ3n) is 2.68. The van der Waals surface area contributed by atoms with Gasteiger partial charge in [0.05, 0.1) is 5.69 Å². The second-order valence-electron chi connectivity index (χ2n) is 4.93. The highest BCUT2D eigenvalue weighted by molar-refractivity contribution is 7.13. The first-order valence-corrected chi connectivity index (χ1v) is 6.18. The molecule has 3 N–H and O–H groups in total. The van der Waals surface area contributed by atoms with E-state index >= 15 is 0 Å². The Bertz CT molecular complexity index is 368. The summed E-state index contributed by atoms with van der Waals surface area (Å²) < 4.78 is 0. The molecule has 1 atom stereocenters. The molecular formula is C11H19N3OS. The smallest absolute Gasteiger partial charge is 0.229 e. The van der Waals surface area contributed by atoms with Crippen LogP contribution in [0.3, 0.4) is 0 Å². The molecule has 4 nitrogen and oxygen atoms in total. The maximum absolute atomic E-state index is 11.9. The van der Waals surface area contributed by atoms with Crippen LogP contribution in [0.15, 0.2) is 5.38 Å². The van der Waals surface area contributed by atoms with Crippen LogP contribution in [0.5, 0.6) is 0 Å². The molecule has 0 spiro atoms. The zero-order chi connectivity index (χ0) is 12.3. The minimum absolute atomic E-state index is 0.00502.